The Kier molecular flexibility index (Phi) is 6.21. The molecule has 1 saturated heterocycles. The summed E-state index contributed by atoms with van der Waals surface area (Å²) in [6.45, 7) is 7.30. The second-order valence-electron chi connectivity index (χ2n) is 4.70. The highest BCUT2D eigenvalue weighted by Gasteiger charge is 2.25. The predicted molar refractivity (Wildman–Crippen MR) is 70.8 cm³/mol. The number of hydrogen-bond donors (Lipinski definition) is 1. The molecule has 1 heterocycles. The molecule has 1 aliphatic rings. The fraction of sp³-hybridized carbons (Fsp3) is 0.917. The van der Waals surface area contributed by atoms with Crippen LogP contribution in [0.5, 0.6) is 0 Å². The molecule has 1 atom stereocenters. The minimum atomic E-state index is 0.334. The first-order valence-electron chi connectivity index (χ1n) is 6.19. The number of nitrogens with zero attached hydrogens (tertiary/aromatic N) is 1. The first kappa shape index (κ1) is 13.8. The van der Waals surface area contributed by atoms with E-state index >= 15 is 0 Å². The van der Waals surface area contributed by atoms with E-state index in [1.54, 1.807) is 0 Å². The van der Waals surface area contributed by atoms with Gasteiger partial charge >= 0.3 is 0 Å². The third-order valence-electron chi connectivity index (χ3n) is 3.01. The molecule has 4 heteroatoms. The van der Waals surface area contributed by atoms with Gasteiger partial charge in [0.2, 0.25) is 5.91 Å². The van der Waals surface area contributed by atoms with Gasteiger partial charge in [-0.05, 0) is 25.9 Å². The zero-order valence-electron chi connectivity index (χ0n) is 10.7. The lowest BCUT2D eigenvalue weighted by atomic mass is 10.1. The van der Waals surface area contributed by atoms with Gasteiger partial charge in [-0.15, -0.1) is 0 Å². The summed E-state index contributed by atoms with van der Waals surface area (Å²) in [4.78, 5) is 14.0. The summed E-state index contributed by atoms with van der Waals surface area (Å²) in [5, 5.41) is 3.70. The van der Waals surface area contributed by atoms with Crippen LogP contribution in [-0.2, 0) is 4.79 Å². The molecule has 0 aliphatic carbocycles. The van der Waals surface area contributed by atoms with Crippen LogP contribution in [0.2, 0.25) is 0 Å². The second kappa shape index (κ2) is 7.17. The van der Waals surface area contributed by atoms with Gasteiger partial charge in [0.1, 0.15) is 0 Å². The van der Waals surface area contributed by atoms with E-state index in [9.17, 15) is 4.79 Å². The molecule has 0 radical (unpaired) electrons. The van der Waals surface area contributed by atoms with Crippen molar-refractivity contribution in [2.75, 3.05) is 32.4 Å². The van der Waals surface area contributed by atoms with Crippen molar-refractivity contribution in [3.05, 3.63) is 0 Å². The summed E-state index contributed by atoms with van der Waals surface area (Å²) in [7, 11) is 1.93. The van der Waals surface area contributed by atoms with Gasteiger partial charge in [0.15, 0.2) is 0 Å². The number of rotatable bonds is 5. The first-order chi connectivity index (χ1) is 7.65. The lowest BCUT2D eigenvalue weighted by Crippen LogP contribution is -2.43. The molecule has 1 fully saturated rings. The maximum atomic E-state index is 11.9. The summed E-state index contributed by atoms with van der Waals surface area (Å²) in [6, 6.07) is 0. The monoisotopic (exact) mass is 244 g/mol. The average Bonchev–Trinajstić information content (AvgIpc) is 2.29. The van der Waals surface area contributed by atoms with Crippen molar-refractivity contribution in [2.45, 2.75) is 31.9 Å². The third-order valence-corrected chi connectivity index (χ3v) is 4.55. The van der Waals surface area contributed by atoms with Gasteiger partial charge in [0, 0.05) is 30.5 Å². The van der Waals surface area contributed by atoms with Gasteiger partial charge in [-0.25, -0.2) is 0 Å². The second-order valence-corrected chi connectivity index (χ2v) is 6.05. The number of hydrogen-bond acceptors (Lipinski definition) is 3. The molecule has 1 amide bonds. The van der Waals surface area contributed by atoms with Crippen LogP contribution in [0.25, 0.3) is 0 Å². The summed E-state index contributed by atoms with van der Waals surface area (Å²) >= 11 is 2.01. The van der Waals surface area contributed by atoms with Crippen LogP contribution in [-0.4, -0.2) is 48.5 Å². The number of carbonyl (C=O) groups is 1. The van der Waals surface area contributed by atoms with Gasteiger partial charge < -0.3 is 10.2 Å². The zero-order valence-corrected chi connectivity index (χ0v) is 11.5. The first-order valence-corrected chi connectivity index (χ1v) is 7.24. The Morgan fingerprint density at radius 1 is 1.56 bits per heavy atom. The zero-order chi connectivity index (χ0) is 12.0. The Morgan fingerprint density at radius 3 is 2.94 bits per heavy atom. The molecule has 0 saturated carbocycles. The third kappa shape index (κ3) is 4.34. The fourth-order valence-corrected chi connectivity index (χ4v) is 3.18. The van der Waals surface area contributed by atoms with Gasteiger partial charge in [-0.2, -0.15) is 11.8 Å². The van der Waals surface area contributed by atoms with Crippen LogP contribution < -0.4 is 5.32 Å². The molecular weight excluding hydrogens is 220 g/mol. The molecule has 16 heavy (non-hydrogen) atoms. The molecule has 0 aromatic carbocycles. The normalized spacial score (nSPS) is 21.5. The molecule has 1 aliphatic heterocycles. The largest absolute Gasteiger partial charge is 0.341 e. The van der Waals surface area contributed by atoms with Gasteiger partial charge in [-0.3, -0.25) is 4.79 Å². The SMILES string of the molecule is CNCCCC(=O)N1CCSC(C(C)C)C1. The fourth-order valence-electron chi connectivity index (χ4n) is 1.88. The van der Waals surface area contributed by atoms with Crippen molar-refractivity contribution in [3.63, 3.8) is 0 Å². The molecule has 1 N–H and O–H groups in total. The van der Waals surface area contributed by atoms with Crippen LogP contribution in [0.3, 0.4) is 0 Å². The van der Waals surface area contributed by atoms with Gasteiger partial charge in [-0.1, -0.05) is 13.8 Å². The standard InChI is InChI=1S/C12H24N2OS/c1-10(2)11-9-14(7-8-16-11)12(15)5-4-6-13-3/h10-11,13H,4-9H2,1-3H3. The average molecular weight is 244 g/mol. The molecular formula is C12H24N2OS. The Morgan fingerprint density at radius 2 is 2.31 bits per heavy atom. The Hall–Kier alpha value is -0.220. The molecule has 0 bridgehead atoms. The number of thioether (sulfide) groups is 1. The Bertz CT molecular complexity index is 221. The van der Waals surface area contributed by atoms with Crippen molar-refractivity contribution in [3.8, 4) is 0 Å². The Labute approximate surface area is 103 Å². The molecule has 0 spiro atoms. The van der Waals surface area contributed by atoms with Crippen LogP contribution in [0.15, 0.2) is 0 Å². The molecule has 94 valence electrons. The Balaban J connectivity index is 2.32. The quantitative estimate of drug-likeness (QED) is 0.745. The summed E-state index contributed by atoms with van der Waals surface area (Å²) < 4.78 is 0. The van der Waals surface area contributed by atoms with Crippen LogP contribution >= 0.6 is 11.8 Å². The highest BCUT2D eigenvalue weighted by atomic mass is 32.2. The summed E-state index contributed by atoms with van der Waals surface area (Å²) in [5.41, 5.74) is 0. The van der Waals surface area contributed by atoms with Crippen molar-refractivity contribution in [1.82, 2.24) is 10.2 Å². The lowest BCUT2D eigenvalue weighted by molar-refractivity contribution is -0.131. The maximum Gasteiger partial charge on any atom is 0.222 e. The van der Waals surface area contributed by atoms with Crippen LogP contribution in [0, 0.1) is 5.92 Å². The van der Waals surface area contributed by atoms with E-state index in [2.05, 4.69) is 24.1 Å². The number of nitrogens with one attached hydrogen (secondary N) is 1. The van der Waals surface area contributed by atoms with Crippen molar-refractivity contribution in [2.24, 2.45) is 5.92 Å². The maximum absolute atomic E-state index is 11.9. The molecule has 0 aromatic rings. The van der Waals surface area contributed by atoms with E-state index in [1.165, 1.54) is 0 Å². The van der Waals surface area contributed by atoms with Gasteiger partial charge in [0.25, 0.3) is 0 Å². The van der Waals surface area contributed by atoms with Crippen molar-refractivity contribution >= 4 is 17.7 Å². The minimum absolute atomic E-state index is 0.334. The molecule has 0 aromatic heterocycles. The predicted octanol–water partition coefficient (Wildman–Crippen LogP) is 1.59. The summed E-state index contributed by atoms with van der Waals surface area (Å²) in [5.74, 6) is 2.10. The van der Waals surface area contributed by atoms with Gasteiger partial charge in [0.05, 0.1) is 0 Å². The topological polar surface area (TPSA) is 32.3 Å². The molecule has 3 nitrogen and oxygen atoms in total. The molecule has 1 rings (SSSR count). The molecule has 1 unspecified atom stereocenters. The van der Waals surface area contributed by atoms with E-state index in [1.807, 2.05) is 18.8 Å². The number of amides is 1. The lowest BCUT2D eigenvalue weighted by Gasteiger charge is -2.34. The van der Waals surface area contributed by atoms with E-state index in [0.29, 0.717) is 23.5 Å². The highest BCUT2D eigenvalue weighted by molar-refractivity contribution is 8.00. The van der Waals surface area contributed by atoms with E-state index in [4.69, 9.17) is 0 Å². The van der Waals surface area contributed by atoms with E-state index in [0.717, 1.165) is 31.8 Å². The smallest absolute Gasteiger partial charge is 0.222 e. The van der Waals surface area contributed by atoms with E-state index < -0.39 is 0 Å². The van der Waals surface area contributed by atoms with Crippen LogP contribution in [0.4, 0.5) is 0 Å². The van der Waals surface area contributed by atoms with Crippen molar-refractivity contribution < 1.29 is 4.79 Å². The summed E-state index contributed by atoms with van der Waals surface area (Å²) in [6.07, 6.45) is 1.64. The van der Waals surface area contributed by atoms with Crippen LogP contribution in [0.1, 0.15) is 26.7 Å². The van der Waals surface area contributed by atoms with E-state index in [-0.39, 0.29) is 0 Å². The van der Waals surface area contributed by atoms with Crippen molar-refractivity contribution in [1.29, 1.82) is 0 Å². The highest BCUT2D eigenvalue weighted by Crippen LogP contribution is 2.25. The number of carbonyl (C=O) groups excluding carboxylic acids is 1. The minimum Gasteiger partial charge on any atom is -0.341 e.